The van der Waals surface area contributed by atoms with Gasteiger partial charge >= 0.3 is 5.97 Å². The lowest BCUT2D eigenvalue weighted by atomic mass is 10.1. The zero-order valence-electron chi connectivity index (χ0n) is 18.2. The Kier molecular flexibility index (Phi) is 8.13. The smallest absolute Gasteiger partial charge is 0.337 e. The van der Waals surface area contributed by atoms with Crippen molar-refractivity contribution in [3.8, 4) is 0 Å². The van der Waals surface area contributed by atoms with Crippen LogP contribution >= 0.6 is 11.8 Å². The van der Waals surface area contributed by atoms with Gasteiger partial charge < -0.3 is 20.7 Å². The van der Waals surface area contributed by atoms with Crippen molar-refractivity contribution < 1.29 is 19.1 Å². The topological polar surface area (TPSA) is 105 Å². The van der Waals surface area contributed by atoms with Crippen LogP contribution in [0.15, 0.2) is 53.4 Å². The van der Waals surface area contributed by atoms with E-state index in [2.05, 4.69) is 22.0 Å². The van der Waals surface area contributed by atoms with E-state index in [1.165, 1.54) is 18.9 Å². The standard InChI is InChI=1S/C23H28N4O4S/c1-16-13-27(18-9-7-17(8-10-18)23(30)31-2)12-11-26(16)14-22(29)25-19-5-3-4-6-20(19)32-15-21(24)28/h3-10,16H,11-15H2,1-2H3,(H2,24,28)(H,25,29). The fourth-order valence-corrected chi connectivity index (χ4v) is 4.36. The molecule has 1 heterocycles. The van der Waals surface area contributed by atoms with E-state index in [4.69, 9.17) is 10.5 Å². The molecule has 0 aliphatic carbocycles. The Balaban J connectivity index is 1.55. The quantitative estimate of drug-likeness (QED) is 0.463. The van der Waals surface area contributed by atoms with Gasteiger partial charge in [0.05, 0.1) is 30.7 Å². The van der Waals surface area contributed by atoms with Gasteiger partial charge in [-0.25, -0.2) is 4.79 Å². The van der Waals surface area contributed by atoms with Crippen LogP contribution in [0.5, 0.6) is 0 Å². The van der Waals surface area contributed by atoms with Crippen LogP contribution < -0.4 is 16.0 Å². The molecule has 1 aliphatic rings. The van der Waals surface area contributed by atoms with Crippen molar-refractivity contribution in [2.45, 2.75) is 17.9 Å². The van der Waals surface area contributed by atoms with Crippen LogP contribution in [0, 0.1) is 0 Å². The van der Waals surface area contributed by atoms with E-state index in [1.54, 1.807) is 12.1 Å². The maximum Gasteiger partial charge on any atom is 0.337 e. The third-order valence-electron chi connectivity index (χ3n) is 5.30. The molecule has 1 unspecified atom stereocenters. The van der Waals surface area contributed by atoms with E-state index in [-0.39, 0.29) is 30.2 Å². The van der Waals surface area contributed by atoms with Gasteiger partial charge in [-0.3, -0.25) is 14.5 Å². The third kappa shape index (κ3) is 6.24. The second-order valence-electron chi connectivity index (χ2n) is 7.60. The van der Waals surface area contributed by atoms with Crippen molar-refractivity contribution in [1.29, 1.82) is 0 Å². The van der Waals surface area contributed by atoms with Crippen LogP contribution in [-0.2, 0) is 14.3 Å². The number of primary amides is 1. The molecule has 0 radical (unpaired) electrons. The Morgan fingerprint density at radius 1 is 1.12 bits per heavy atom. The van der Waals surface area contributed by atoms with Crippen LogP contribution in [-0.4, -0.2) is 67.8 Å². The highest BCUT2D eigenvalue weighted by atomic mass is 32.2. The average Bonchev–Trinajstić information content (AvgIpc) is 2.79. The Morgan fingerprint density at radius 3 is 2.50 bits per heavy atom. The summed E-state index contributed by atoms with van der Waals surface area (Å²) in [6.07, 6.45) is 0. The summed E-state index contributed by atoms with van der Waals surface area (Å²) in [7, 11) is 1.37. The SMILES string of the molecule is COC(=O)c1ccc(N2CCN(CC(=O)Nc3ccccc3SCC(N)=O)C(C)C2)cc1. The number of benzene rings is 2. The first-order valence-electron chi connectivity index (χ1n) is 10.3. The summed E-state index contributed by atoms with van der Waals surface area (Å²) in [5, 5.41) is 2.96. The minimum atomic E-state index is -0.400. The number of thioether (sulfide) groups is 1. The van der Waals surface area contributed by atoms with Crippen LogP contribution in [0.25, 0.3) is 0 Å². The minimum absolute atomic E-state index is 0.0974. The second-order valence-corrected chi connectivity index (χ2v) is 8.62. The normalized spacial score (nSPS) is 16.4. The first-order valence-corrected chi connectivity index (χ1v) is 11.3. The number of piperazine rings is 1. The molecule has 170 valence electrons. The molecular weight excluding hydrogens is 428 g/mol. The zero-order chi connectivity index (χ0) is 23.1. The van der Waals surface area contributed by atoms with Crippen LogP contribution in [0.3, 0.4) is 0 Å². The Bertz CT molecular complexity index is 967. The molecule has 1 atom stereocenters. The van der Waals surface area contributed by atoms with E-state index < -0.39 is 5.91 Å². The first kappa shape index (κ1) is 23.6. The lowest BCUT2D eigenvalue weighted by Gasteiger charge is -2.40. The molecule has 9 heteroatoms. The van der Waals surface area contributed by atoms with Gasteiger partial charge in [0.15, 0.2) is 0 Å². The molecule has 0 aromatic heterocycles. The zero-order valence-corrected chi connectivity index (χ0v) is 19.1. The molecule has 8 nitrogen and oxygen atoms in total. The molecular formula is C23H28N4O4S. The van der Waals surface area contributed by atoms with Crippen molar-refractivity contribution >= 4 is 40.9 Å². The first-order chi connectivity index (χ1) is 15.4. The van der Waals surface area contributed by atoms with E-state index >= 15 is 0 Å². The molecule has 0 saturated carbocycles. The van der Waals surface area contributed by atoms with Gasteiger partial charge in [-0.15, -0.1) is 11.8 Å². The monoisotopic (exact) mass is 456 g/mol. The fourth-order valence-electron chi connectivity index (χ4n) is 3.61. The summed E-state index contributed by atoms with van der Waals surface area (Å²) in [4.78, 5) is 40.6. The van der Waals surface area contributed by atoms with Crippen molar-refractivity contribution in [3.05, 3.63) is 54.1 Å². The number of esters is 1. The number of hydrogen-bond donors (Lipinski definition) is 2. The lowest BCUT2D eigenvalue weighted by molar-refractivity contribution is -0.118. The predicted molar refractivity (Wildman–Crippen MR) is 126 cm³/mol. The summed E-state index contributed by atoms with van der Waals surface area (Å²) >= 11 is 1.31. The van der Waals surface area contributed by atoms with Gasteiger partial charge in [-0.2, -0.15) is 0 Å². The largest absolute Gasteiger partial charge is 0.465 e. The Labute approximate surface area is 192 Å². The molecule has 0 spiro atoms. The van der Waals surface area contributed by atoms with E-state index in [0.29, 0.717) is 11.3 Å². The number of para-hydroxylation sites is 1. The number of nitrogens with zero attached hydrogens (tertiary/aromatic N) is 2. The maximum absolute atomic E-state index is 12.7. The number of hydrogen-bond acceptors (Lipinski definition) is 7. The highest BCUT2D eigenvalue weighted by Crippen LogP contribution is 2.27. The van der Waals surface area contributed by atoms with Gasteiger partial charge in [-0.1, -0.05) is 12.1 Å². The van der Waals surface area contributed by atoms with E-state index in [9.17, 15) is 14.4 Å². The number of ether oxygens (including phenoxy) is 1. The van der Waals surface area contributed by atoms with Crippen LogP contribution in [0.1, 0.15) is 17.3 Å². The van der Waals surface area contributed by atoms with E-state index in [0.717, 1.165) is 30.2 Å². The number of methoxy groups -OCH3 is 1. The van der Waals surface area contributed by atoms with E-state index in [1.807, 2.05) is 36.4 Å². The average molecular weight is 457 g/mol. The van der Waals surface area contributed by atoms with Crippen LogP contribution in [0.2, 0.25) is 0 Å². The molecule has 32 heavy (non-hydrogen) atoms. The summed E-state index contributed by atoms with van der Waals surface area (Å²) in [5.74, 6) is -0.690. The van der Waals surface area contributed by atoms with Gasteiger partial charge in [0, 0.05) is 36.3 Å². The molecule has 1 fully saturated rings. The molecule has 3 rings (SSSR count). The summed E-state index contributed by atoms with van der Waals surface area (Å²) in [5.41, 5.74) is 7.47. The molecule has 2 aromatic carbocycles. The third-order valence-corrected chi connectivity index (χ3v) is 6.39. The molecule has 1 aliphatic heterocycles. The minimum Gasteiger partial charge on any atom is -0.465 e. The predicted octanol–water partition coefficient (Wildman–Crippen LogP) is 2.20. The van der Waals surface area contributed by atoms with Crippen molar-refractivity contribution in [3.63, 3.8) is 0 Å². The highest BCUT2D eigenvalue weighted by molar-refractivity contribution is 8.00. The van der Waals surface area contributed by atoms with Gasteiger partial charge in [0.1, 0.15) is 0 Å². The maximum atomic E-state index is 12.7. The highest BCUT2D eigenvalue weighted by Gasteiger charge is 2.26. The molecule has 3 N–H and O–H groups in total. The van der Waals surface area contributed by atoms with Crippen molar-refractivity contribution in [2.75, 3.05) is 49.3 Å². The number of carbonyl (C=O) groups is 3. The molecule has 2 aromatic rings. The van der Waals surface area contributed by atoms with Gasteiger partial charge in [0.2, 0.25) is 11.8 Å². The van der Waals surface area contributed by atoms with Crippen molar-refractivity contribution in [1.82, 2.24) is 4.90 Å². The summed E-state index contributed by atoms with van der Waals surface area (Å²) < 4.78 is 4.74. The summed E-state index contributed by atoms with van der Waals surface area (Å²) in [6, 6.07) is 14.9. The number of nitrogens with two attached hydrogens (primary N) is 1. The number of rotatable bonds is 8. The lowest BCUT2D eigenvalue weighted by Crippen LogP contribution is -2.53. The number of amides is 2. The second kappa shape index (κ2) is 11.0. The van der Waals surface area contributed by atoms with Crippen molar-refractivity contribution in [2.24, 2.45) is 5.73 Å². The molecule has 0 bridgehead atoms. The fraction of sp³-hybridized carbons (Fsp3) is 0.348. The Hall–Kier alpha value is -3.04. The number of carbonyl (C=O) groups excluding carboxylic acids is 3. The molecule has 2 amide bonds. The number of anilines is 2. The Morgan fingerprint density at radius 2 is 1.84 bits per heavy atom. The summed E-state index contributed by atoms with van der Waals surface area (Å²) in [6.45, 7) is 4.67. The van der Waals surface area contributed by atoms with Crippen LogP contribution in [0.4, 0.5) is 11.4 Å². The van der Waals surface area contributed by atoms with Gasteiger partial charge in [-0.05, 0) is 43.3 Å². The molecule has 1 saturated heterocycles. The van der Waals surface area contributed by atoms with Gasteiger partial charge in [0.25, 0.3) is 0 Å². The number of nitrogens with one attached hydrogen (secondary N) is 1.